The summed E-state index contributed by atoms with van der Waals surface area (Å²) in [6.07, 6.45) is 5.66. The third-order valence-electron chi connectivity index (χ3n) is 8.28. The first kappa shape index (κ1) is 29.9. The Labute approximate surface area is 244 Å². The van der Waals surface area contributed by atoms with Crippen molar-refractivity contribution in [2.45, 2.75) is 75.6 Å². The number of nitrogens with zero attached hydrogens (tertiary/aromatic N) is 1. The van der Waals surface area contributed by atoms with E-state index >= 15 is 0 Å². The summed E-state index contributed by atoms with van der Waals surface area (Å²) in [6.45, 7) is 5.48. The molecule has 0 bridgehead atoms. The number of aliphatic hydroxyl groups is 1. The van der Waals surface area contributed by atoms with Gasteiger partial charge < -0.3 is 19.5 Å². The molecule has 4 unspecified atom stereocenters. The van der Waals surface area contributed by atoms with E-state index in [1.165, 1.54) is 32.1 Å². The summed E-state index contributed by atoms with van der Waals surface area (Å²) in [7, 11) is -3.58. The van der Waals surface area contributed by atoms with Gasteiger partial charge in [0.05, 0.1) is 23.7 Å². The van der Waals surface area contributed by atoms with Gasteiger partial charge in [0.2, 0.25) is 10.0 Å². The molecule has 0 saturated carbocycles. The minimum Gasteiger partial charge on any atom is -0.392 e. The average molecular weight is 579 g/mol. The third kappa shape index (κ3) is 7.83. The van der Waals surface area contributed by atoms with Crippen LogP contribution in [-0.4, -0.2) is 44.2 Å². The molecule has 0 aromatic heterocycles. The van der Waals surface area contributed by atoms with Crippen LogP contribution in [0.1, 0.15) is 73.7 Å². The minimum absolute atomic E-state index is 0.00643. The zero-order chi connectivity index (χ0) is 28.7. The Morgan fingerprint density at radius 3 is 2.07 bits per heavy atom. The van der Waals surface area contributed by atoms with E-state index < -0.39 is 16.3 Å². The first-order valence-electron chi connectivity index (χ1n) is 14.8. The Morgan fingerprint density at radius 2 is 1.41 bits per heavy atom. The normalized spacial score (nSPS) is 24.4. The molecule has 41 heavy (non-hydrogen) atoms. The number of ether oxygens (including phenoxy) is 2. The lowest BCUT2D eigenvalue weighted by Crippen LogP contribution is -2.45. The molecule has 0 aliphatic carbocycles. The van der Waals surface area contributed by atoms with Crippen molar-refractivity contribution in [3.05, 3.63) is 101 Å². The first-order chi connectivity index (χ1) is 19.9. The molecular weight excluding hydrogens is 536 g/mol. The monoisotopic (exact) mass is 578 g/mol. The van der Waals surface area contributed by atoms with Crippen LogP contribution >= 0.6 is 0 Å². The summed E-state index contributed by atoms with van der Waals surface area (Å²) in [5, 5.41) is 9.52. The first-order valence-corrected chi connectivity index (χ1v) is 16.3. The standard InChI is InChI=1S/C33H42N2O5S/c1-25-31(23-35-20-8-3-2-4-9-21-35)39-33(40-32(25)28-16-14-27(24-36)15-17-28)29-18-12-26(13-19-29)22-34-41(37,38)30-10-6-5-7-11-30/h5-7,10-19,25,31-34,36H,2-4,8-9,20-24H2,1H3. The number of likely N-dealkylation sites (tertiary alicyclic amines) is 1. The van der Waals surface area contributed by atoms with E-state index in [0.29, 0.717) is 0 Å². The number of hydrogen-bond acceptors (Lipinski definition) is 6. The van der Waals surface area contributed by atoms with Crippen molar-refractivity contribution >= 4 is 10.0 Å². The second-order valence-corrected chi connectivity index (χ2v) is 13.0. The van der Waals surface area contributed by atoms with Crippen molar-refractivity contribution in [1.82, 2.24) is 9.62 Å². The lowest BCUT2D eigenvalue weighted by molar-refractivity contribution is -0.276. The quantitative estimate of drug-likeness (QED) is 0.338. The van der Waals surface area contributed by atoms with Gasteiger partial charge in [0.15, 0.2) is 6.29 Å². The van der Waals surface area contributed by atoms with E-state index in [9.17, 15) is 13.5 Å². The fraction of sp³-hybridized carbons (Fsp3) is 0.455. The van der Waals surface area contributed by atoms with Gasteiger partial charge in [0.25, 0.3) is 0 Å². The van der Waals surface area contributed by atoms with Crippen LogP contribution in [0.5, 0.6) is 0 Å². The summed E-state index contributed by atoms with van der Waals surface area (Å²) in [4.78, 5) is 2.80. The van der Waals surface area contributed by atoms with E-state index in [0.717, 1.165) is 41.9 Å². The number of rotatable bonds is 9. The summed E-state index contributed by atoms with van der Waals surface area (Å²) in [5.41, 5.74) is 3.71. The van der Waals surface area contributed by atoms with E-state index in [1.54, 1.807) is 30.3 Å². The highest BCUT2D eigenvalue weighted by molar-refractivity contribution is 7.89. The van der Waals surface area contributed by atoms with Crippen LogP contribution in [0.2, 0.25) is 0 Å². The average Bonchev–Trinajstić information content (AvgIpc) is 2.99. The van der Waals surface area contributed by atoms with Gasteiger partial charge in [-0.2, -0.15) is 0 Å². The molecule has 8 heteroatoms. The zero-order valence-electron chi connectivity index (χ0n) is 23.8. The van der Waals surface area contributed by atoms with Gasteiger partial charge in [0.1, 0.15) is 0 Å². The molecule has 4 atom stereocenters. The molecule has 2 N–H and O–H groups in total. The number of hydrogen-bond donors (Lipinski definition) is 2. The topological polar surface area (TPSA) is 88.1 Å². The molecule has 0 amide bonds. The maximum atomic E-state index is 12.6. The van der Waals surface area contributed by atoms with Crippen molar-refractivity contribution in [2.24, 2.45) is 5.92 Å². The van der Waals surface area contributed by atoms with Crippen LogP contribution in [0.3, 0.4) is 0 Å². The van der Waals surface area contributed by atoms with Crippen LogP contribution in [0, 0.1) is 5.92 Å². The summed E-state index contributed by atoms with van der Waals surface area (Å²) in [6, 6.07) is 24.2. The zero-order valence-corrected chi connectivity index (χ0v) is 24.6. The van der Waals surface area contributed by atoms with Crippen molar-refractivity contribution in [3.8, 4) is 0 Å². The predicted octanol–water partition coefficient (Wildman–Crippen LogP) is 5.71. The summed E-state index contributed by atoms with van der Waals surface area (Å²) in [5.74, 6) is 0.142. The maximum Gasteiger partial charge on any atom is 0.240 e. The smallest absolute Gasteiger partial charge is 0.240 e. The summed E-state index contributed by atoms with van der Waals surface area (Å²) >= 11 is 0. The Morgan fingerprint density at radius 1 is 0.805 bits per heavy atom. The minimum atomic E-state index is -3.58. The van der Waals surface area contributed by atoms with E-state index in [4.69, 9.17) is 9.47 Å². The highest BCUT2D eigenvalue weighted by Crippen LogP contribution is 2.42. The second-order valence-electron chi connectivity index (χ2n) is 11.3. The van der Waals surface area contributed by atoms with Crippen molar-refractivity contribution < 1.29 is 23.0 Å². The van der Waals surface area contributed by atoms with Crippen molar-refractivity contribution in [2.75, 3.05) is 19.6 Å². The van der Waals surface area contributed by atoms with Gasteiger partial charge in [-0.3, -0.25) is 0 Å². The molecule has 2 aliphatic heterocycles. The molecule has 2 saturated heterocycles. The van der Waals surface area contributed by atoms with Crippen LogP contribution in [0.25, 0.3) is 0 Å². The Balaban J connectivity index is 1.31. The molecule has 3 aromatic rings. The maximum absolute atomic E-state index is 12.6. The van der Waals surface area contributed by atoms with Gasteiger partial charge in [-0.05, 0) is 54.8 Å². The Kier molecular flexibility index (Phi) is 10.2. The fourth-order valence-electron chi connectivity index (χ4n) is 5.73. The molecular formula is C33H42N2O5S. The molecule has 0 radical (unpaired) electrons. The molecule has 2 heterocycles. The molecule has 0 spiro atoms. The largest absolute Gasteiger partial charge is 0.392 e. The molecule has 2 aliphatic rings. The highest BCUT2D eigenvalue weighted by atomic mass is 32.2. The summed E-state index contributed by atoms with van der Waals surface area (Å²) < 4.78 is 41.2. The van der Waals surface area contributed by atoms with E-state index in [1.807, 2.05) is 48.5 Å². The fourth-order valence-corrected chi connectivity index (χ4v) is 6.77. The van der Waals surface area contributed by atoms with Gasteiger partial charge in [-0.15, -0.1) is 0 Å². The number of benzene rings is 3. The van der Waals surface area contributed by atoms with Crippen molar-refractivity contribution in [3.63, 3.8) is 0 Å². The van der Waals surface area contributed by atoms with Crippen LogP contribution in [-0.2, 0) is 32.6 Å². The van der Waals surface area contributed by atoms with Crippen LogP contribution < -0.4 is 4.72 Å². The molecule has 7 nitrogen and oxygen atoms in total. The lowest BCUT2D eigenvalue weighted by Gasteiger charge is -2.43. The SMILES string of the molecule is CC1C(CN2CCCCCCC2)OC(c2ccc(CNS(=O)(=O)c3ccccc3)cc2)OC1c1ccc(CO)cc1. The third-order valence-corrected chi connectivity index (χ3v) is 9.70. The number of sulfonamides is 1. The van der Waals surface area contributed by atoms with E-state index in [-0.39, 0.29) is 36.2 Å². The van der Waals surface area contributed by atoms with E-state index in [2.05, 4.69) is 16.5 Å². The number of nitrogens with one attached hydrogen (secondary N) is 1. The molecule has 3 aromatic carbocycles. The Bertz CT molecular complexity index is 1320. The van der Waals surface area contributed by atoms with Crippen LogP contribution in [0.15, 0.2) is 83.8 Å². The van der Waals surface area contributed by atoms with Gasteiger partial charge >= 0.3 is 0 Å². The molecule has 2 fully saturated rings. The molecule has 220 valence electrons. The predicted molar refractivity (Wildman–Crippen MR) is 159 cm³/mol. The van der Waals surface area contributed by atoms with Gasteiger partial charge in [-0.25, -0.2) is 13.1 Å². The second kappa shape index (κ2) is 14.1. The molecule has 5 rings (SSSR count). The van der Waals surface area contributed by atoms with Crippen molar-refractivity contribution in [1.29, 1.82) is 0 Å². The Hall–Kier alpha value is -2.59. The van der Waals surface area contributed by atoms with Gasteiger partial charge in [0, 0.05) is 24.6 Å². The van der Waals surface area contributed by atoms with Crippen LogP contribution in [0.4, 0.5) is 0 Å². The van der Waals surface area contributed by atoms with Gasteiger partial charge in [-0.1, -0.05) is 92.9 Å². The number of aliphatic hydroxyl groups excluding tert-OH is 1. The lowest BCUT2D eigenvalue weighted by atomic mass is 9.89. The highest BCUT2D eigenvalue weighted by Gasteiger charge is 2.39.